The summed E-state index contributed by atoms with van der Waals surface area (Å²) in [5, 5.41) is 0. The summed E-state index contributed by atoms with van der Waals surface area (Å²) in [6.07, 6.45) is 14.1. The smallest absolute Gasteiger partial charge is 0.305 e. The van der Waals surface area contributed by atoms with Gasteiger partial charge in [-0.15, -0.1) is 0 Å². The lowest BCUT2D eigenvalue weighted by atomic mass is 10.0. The van der Waals surface area contributed by atoms with E-state index in [0.717, 1.165) is 31.4 Å². The first kappa shape index (κ1) is 28.4. The molecule has 5 nitrogen and oxygen atoms in total. The van der Waals surface area contributed by atoms with Crippen LogP contribution in [0, 0.1) is 0 Å². The predicted molar refractivity (Wildman–Crippen MR) is 130 cm³/mol. The van der Waals surface area contributed by atoms with Gasteiger partial charge in [-0.1, -0.05) is 77.3 Å². The first-order valence-electron chi connectivity index (χ1n) is 12.8. The van der Waals surface area contributed by atoms with Gasteiger partial charge in [0.25, 0.3) is 0 Å². The molecule has 1 aromatic carbocycles. The van der Waals surface area contributed by atoms with E-state index in [-0.39, 0.29) is 5.97 Å². The van der Waals surface area contributed by atoms with Crippen molar-refractivity contribution < 1.29 is 23.7 Å². The lowest BCUT2D eigenvalue weighted by Gasteiger charge is -2.09. The molecule has 0 saturated heterocycles. The standard InChI is InChI=1S/C27H46O5/c1-3-5-7-8-9-10-12-13-25-15-17-26(18-16-25)31-23-21-29-19-20-30-22-24-32-27(28)14-11-6-4-2/h15-18H,3-14,19-24H2,1-2H3. The maximum absolute atomic E-state index is 11.4. The minimum Gasteiger partial charge on any atom is -0.491 e. The molecule has 5 heteroatoms. The molecular weight excluding hydrogens is 404 g/mol. The van der Waals surface area contributed by atoms with E-state index in [1.54, 1.807) is 0 Å². The van der Waals surface area contributed by atoms with Crippen LogP contribution >= 0.6 is 0 Å². The molecule has 184 valence electrons. The predicted octanol–water partition coefficient (Wildman–Crippen LogP) is 6.52. The maximum Gasteiger partial charge on any atom is 0.305 e. The number of aryl methyl sites for hydroxylation is 1. The summed E-state index contributed by atoms with van der Waals surface area (Å²) in [7, 11) is 0. The molecule has 0 N–H and O–H groups in total. The van der Waals surface area contributed by atoms with Gasteiger partial charge in [-0.05, 0) is 37.0 Å². The SMILES string of the molecule is CCCCCCCCCc1ccc(OCCOCCOCCOC(=O)CCCCC)cc1. The van der Waals surface area contributed by atoms with E-state index in [2.05, 4.69) is 26.0 Å². The molecule has 0 bridgehead atoms. The van der Waals surface area contributed by atoms with Gasteiger partial charge in [-0.3, -0.25) is 4.79 Å². The molecule has 0 unspecified atom stereocenters. The van der Waals surface area contributed by atoms with E-state index in [0.29, 0.717) is 46.1 Å². The Labute approximate surface area is 196 Å². The van der Waals surface area contributed by atoms with E-state index in [1.165, 1.54) is 50.5 Å². The number of esters is 1. The van der Waals surface area contributed by atoms with Gasteiger partial charge in [0.2, 0.25) is 0 Å². The molecule has 0 saturated carbocycles. The zero-order chi connectivity index (χ0) is 23.1. The Morgan fingerprint density at radius 1 is 0.656 bits per heavy atom. The van der Waals surface area contributed by atoms with Crippen LogP contribution in [0.2, 0.25) is 0 Å². The minimum absolute atomic E-state index is 0.138. The number of rotatable bonds is 22. The van der Waals surface area contributed by atoms with Gasteiger partial charge in [0.05, 0.1) is 26.4 Å². The average Bonchev–Trinajstić information content (AvgIpc) is 2.80. The van der Waals surface area contributed by atoms with Crippen LogP contribution in [0.4, 0.5) is 0 Å². The van der Waals surface area contributed by atoms with Gasteiger partial charge in [-0.2, -0.15) is 0 Å². The van der Waals surface area contributed by atoms with Gasteiger partial charge >= 0.3 is 5.97 Å². The largest absolute Gasteiger partial charge is 0.491 e. The lowest BCUT2D eigenvalue weighted by molar-refractivity contribution is -0.145. The molecule has 0 aliphatic carbocycles. The molecule has 0 aromatic heterocycles. The molecule has 1 aromatic rings. The highest BCUT2D eigenvalue weighted by Crippen LogP contribution is 2.15. The number of ether oxygens (including phenoxy) is 4. The van der Waals surface area contributed by atoms with Crippen LogP contribution in [0.3, 0.4) is 0 Å². The van der Waals surface area contributed by atoms with E-state index >= 15 is 0 Å². The van der Waals surface area contributed by atoms with Crippen molar-refractivity contribution in [3.05, 3.63) is 29.8 Å². The number of hydrogen-bond acceptors (Lipinski definition) is 5. The third kappa shape index (κ3) is 17.0. The van der Waals surface area contributed by atoms with Gasteiger partial charge in [0.15, 0.2) is 0 Å². The second-order valence-corrected chi connectivity index (χ2v) is 8.27. The van der Waals surface area contributed by atoms with Crippen LogP contribution in [-0.2, 0) is 25.4 Å². The highest BCUT2D eigenvalue weighted by molar-refractivity contribution is 5.69. The molecule has 0 heterocycles. The summed E-state index contributed by atoms with van der Waals surface area (Å²) < 4.78 is 21.8. The van der Waals surface area contributed by atoms with E-state index < -0.39 is 0 Å². The summed E-state index contributed by atoms with van der Waals surface area (Å²) >= 11 is 0. The highest BCUT2D eigenvalue weighted by atomic mass is 16.6. The molecule has 1 rings (SSSR count). The van der Waals surface area contributed by atoms with Crippen molar-refractivity contribution in [1.29, 1.82) is 0 Å². The monoisotopic (exact) mass is 450 g/mol. The Kier molecular flexibility index (Phi) is 18.9. The van der Waals surface area contributed by atoms with E-state index in [9.17, 15) is 4.79 Å². The molecule has 0 amide bonds. The molecule has 0 spiro atoms. The number of carbonyl (C=O) groups excluding carboxylic acids is 1. The second kappa shape index (κ2) is 21.3. The Hall–Kier alpha value is -1.59. The van der Waals surface area contributed by atoms with Crippen molar-refractivity contribution in [3.63, 3.8) is 0 Å². The van der Waals surface area contributed by atoms with Crippen LogP contribution in [0.25, 0.3) is 0 Å². The van der Waals surface area contributed by atoms with Gasteiger partial charge in [-0.25, -0.2) is 0 Å². The first-order chi connectivity index (χ1) is 15.8. The summed E-state index contributed by atoms with van der Waals surface area (Å²) in [6.45, 7) is 7.13. The Bertz CT molecular complexity index is 543. The number of carbonyl (C=O) groups is 1. The third-order valence-electron chi connectivity index (χ3n) is 5.34. The minimum atomic E-state index is -0.138. The van der Waals surface area contributed by atoms with Crippen molar-refractivity contribution in [2.45, 2.75) is 90.9 Å². The van der Waals surface area contributed by atoms with Crippen molar-refractivity contribution >= 4 is 5.97 Å². The topological polar surface area (TPSA) is 54.0 Å². The zero-order valence-electron chi connectivity index (χ0n) is 20.6. The lowest BCUT2D eigenvalue weighted by Crippen LogP contribution is -2.14. The molecule has 32 heavy (non-hydrogen) atoms. The van der Waals surface area contributed by atoms with Crippen LogP contribution < -0.4 is 4.74 Å². The molecule has 0 aliphatic rings. The number of hydrogen-bond donors (Lipinski definition) is 0. The fraction of sp³-hybridized carbons (Fsp3) is 0.741. The summed E-state index contributed by atoms with van der Waals surface area (Å²) in [6, 6.07) is 8.42. The Morgan fingerprint density at radius 2 is 1.22 bits per heavy atom. The Morgan fingerprint density at radius 3 is 1.91 bits per heavy atom. The third-order valence-corrected chi connectivity index (χ3v) is 5.34. The van der Waals surface area contributed by atoms with Crippen LogP contribution in [0.5, 0.6) is 5.75 Å². The average molecular weight is 451 g/mol. The molecule has 0 aliphatic heterocycles. The quantitative estimate of drug-likeness (QED) is 0.149. The van der Waals surface area contributed by atoms with Gasteiger partial charge in [0.1, 0.15) is 19.0 Å². The fourth-order valence-electron chi connectivity index (χ4n) is 3.38. The van der Waals surface area contributed by atoms with Crippen LogP contribution in [0.15, 0.2) is 24.3 Å². The van der Waals surface area contributed by atoms with Crippen LogP contribution in [-0.4, -0.2) is 45.6 Å². The molecular formula is C27H46O5. The first-order valence-corrected chi connectivity index (χ1v) is 12.8. The van der Waals surface area contributed by atoms with E-state index in [1.807, 2.05) is 12.1 Å². The van der Waals surface area contributed by atoms with E-state index in [4.69, 9.17) is 18.9 Å². The number of unbranched alkanes of at least 4 members (excludes halogenated alkanes) is 8. The number of benzene rings is 1. The summed E-state index contributed by atoms with van der Waals surface area (Å²) in [4.78, 5) is 11.4. The van der Waals surface area contributed by atoms with Crippen molar-refractivity contribution in [1.82, 2.24) is 0 Å². The Balaban J connectivity index is 1.91. The fourth-order valence-corrected chi connectivity index (χ4v) is 3.38. The highest BCUT2D eigenvalue weighted by Gasteiger charge is 2.02. The van der Waals surface area contributed by atoms with Crippen molar-refractivity contribution in [3.8, 4) is 5.75 Å². The molecule has 0 atom stereocenters. The van der Waals surface area contributed by atoms with Crippen molar-refractivity contribution in [2.24, 2.45) is 0 Å². The zero-order valence-corrected chi connectivity index (χ0v) is 20.6. The molecule has 0 radical (unpaired) electrons. The normalized spacial score (nSPS) is 10.9. The van der Waals surface area contributed by atoms with Crippen molar-refractivity contribution in [2.75, 3.05) is 39.6 Å². The van der Waals surface area contributed by atoms with Gasteiger partial charge < -0.3 is 18.9 Å². The van der Waals surface area contributed by atoms with Gasteiger partial charge in [0, 0.05) is 6.42 Å². The second-order valence-electron chi connectivity index (χ2n) is 8.27. The maximum atomic E-state index is 11.4. The summed E-state index contributed by atoms with van der Waals surface area (Å²) in [5.41, 5.74) is 1.38. The molecule has 0 fully saturated rings. The van der Waals surface area contributed by atoms with Crippen LogP contribution in [0.1, 0.15) is 90.0 Å². The summed E-state index contributed by atoms with van der Waals surface area (Å²) in [5.74, 6) is 0.746.